The Morgan fingerprint density at radius 2 is 1.90 bits per heavy atom. The minimum atomic E-state index is -4.42. The minimum absolute atomic E-state index is 0.00592. The van der Waals surface area contributed by atoms with E-state index in [4.69, 9.17) is 18.7 Å². The molecule has 41 heavy (non-hydrogen) atoms. The van der Waals surface area contributed by atoms with Gasteiger partial charge in [-0.05, 0) is 85.4 Å². The summed E-state index contributed by atoms with van der Waals surface area (Å²) in [6.45, 7) is 15.1. The van der Waals surface area contributed by atoms with Crippen LogP contribution in [0.2, 0.25) is 5.21 Å². The molecule has 4 unspecified atom stereocenters. The molecule has 0 fully saturated rings. The summed E-state index contributed by atoms with van der Waals surface area (Å²) < 4.78 is 37.7. The lowest BCUT2D eigenvalue weighted by Crippen LogP contribution is -2.45. The van der Waals surface area contributed by atoms with Crippen LogP contribution < -0.4 is 14.3 Å². The lowest BCUT2D eigenvalue weighted by molar-refractivity contribution is -0.149. The van der Waals surface area contributed by atoms with Crippen molar-refractivity contribution in [3.05, 3.63) is 34.9 Å². The molecule has 3 rings (SSSR count). The number of carbonyl (C=O) groups excluding carboxylic acids is 2. The number of allylic oxidation sites excluding steroid dienone is 2. The number of benzene rings is 1. The van der Waals surface area contributed by atoms with Crippen LogP contribution in [0.5, 0.6) is 11.5 Å². The van der Waals surface area contributed by atoms with E-state index in [2.05, 4.69) is 60.6 Å². The summed E-state index contributed by atoms with van der Waals surface area (Å²) in [6.07, 6.45) is 6.60. The van der Waals surface area contributed by atoms with Crippen LogP contribution in [0.4, 0.5) is 4.79 Å². The topological polar surface area (TPSA) is 100 Å². The summed E-state index contributed by atoms with van der Waals surface area (Å²) in [5.74, 6) is 0.466. The molecule has 0 saturated heterocycles. The summed E-state index contributed by atoms with van der Waals surface area (Å²) in [7, 11) is 0.0245. The Morgan fingerprint density at radius 3 is 2.51 bits per heavy atom. The quantitative estimate of drug-likeness (QED) is 0.144. The van der Waals surface area contributed by atoms with Crippen LogP contribution in [0.15, 0.2) is 23.8 Å². The first-order chi connectivity index (χ1) is 19.0. The van der Waals surface area contributed by atoms with Crippen molar-refractivity contribution in [2.75, 3.05) is 6.61 Å². The van der Waals surface area contributed by atoms with Gasteiger partial charge in [0.05, 0.1) is 28.4 Å². The highest BCUT2D eigenvalue weighted by atomic mass is 31.2. The number of ether oxygens (including phenoxy) is 3. The molecule has 4 atom stereocenters. The van der Waals surface area contributed by atoms with Crippen molar-refractivity contribution < 1.29 is 32.9 Å². The van der Waals surface area contributed by atoms with Crippen molar-refractivity contribution >= 4 is 34.9 Å². The van der Waals surface area contributed by atoms with Crippen LogP contribution >= 0.6 is 7.52 Å². The Hall–Kier alpha value is -2.18. The van der Waals surface area contributed by atoms with Gasteiger partial charge in [0, 0.05) is 17.4 Å². The molecule has 1 aromatic carbocycles. The van der Waals surface area contributed by atoms with Crippen molar-refractivity contribution in [2.24, 2.45) is 5.92 Å². The lowest BCUT2D eigenvalue weighted by Gasteiger charge is -2.47. The first-order valence-electron chi connectivity index (χ1n) is 15.0. The predicted molar refractivity (Wildman–Crippen MR) is 168 cm³/mol. The standard InChI is InChI=1S/C30H48B2NO7P/c1-9-13-30(31,32)17-21-15-24-26(22-14-19(5)11-12-23(22)29(7,8)39-24)25(16-21)40-41(36,28(35)37-10-2)33-20(6)27(34)38-18(3)4/h14-16,18,20,22-23H,9-13,17,31-32H2,1-8H3,(H,33,36). The van der Waals surface area contributed by atoms with Crippen LogP contribution in [-0.4, -0.2) is 51.7 Å². The van der Waals surface area contributed by atoms with E-state index in [1.54, 1.807) is 20.8 Å². The molecule has 8 nitrogen and oxygen atoms in total. The van der Waals surface area contributed by atoms with Gasteiger partial charge in [-0.25, -0.2) is 14.4 Å². The van der Waals surface area contributed by atoms with Crippen LogP contribution in [0.3, 0.4) is 0 Å². The largest absolute Gasteiger partial charge is 0.487 e. The van der Waals surface area contributed by atoms with Gasteiger partial charge in [-0.3, -0.25) is 4.79 Å². The molecule has 0 amide bonds. The van der Waals surface area contributed by atoms with Crippen molar-refractivity contribution in [1.82, 2.24) is 5.09 Å². The zero-order valence-corrected chi connectivity index (χ0v) is 27.5. The first-order valence-corrected chi connectivity index (χ1v) is 16.6. The van der Waals surface area contributed by atoms with Gasteiger partial charge in [0.25, 0.3) is 0 Å². The normalized spacial score (nSPS) is 21.8. The van der Waals surface area contributed by atoms with Gasteiger partial charge in [-0.15, -0.1) is 0 Å². The molecular weight excluding hydrogens is 539 g/mol. The second-order valence-corrected chi connectivity index (χ2v) is 15.1. The van der Waals surface area contributed by atoms with Gasteiger partial charge in [0.2, 0.25) is 0 Å². The molecule has 1 aromatic rings. The summed E-state index contributed by atoms with van der Waals surface area (Å²) in [5, 5.41) is 2.66. The van der Waals surface area contributed by atoms with E-state index in [9.17, 15) is 14.2 Å². The number of nitrogens with one attached hydrogen (secondary N) is 1. The number of esters is 1. The van der Waals surface area contributed by atoms with Crippen molar-refractivity contribution in [3.8, 4) is 11.5 Å². The van der Waals surface area contributed by atoms with E-state index in [0.717, 1.165) is 43.2 Å². The number of fused-ring (bicyclic) bond motifs is 3. The molecule has 1 aliphatic carbocycles. The van der Waals surface area contributed by atoms with Crippen LogP contribution in [-0.2, 0) is 25.3 Å². The average molecular weight is 587 g/mol. The van der Waals surface area contributed by atoms with E-state index in [-0.39, 0.29) is 29.8 Å². The van der Waals surface area contributed by atoms with Gasteiger partial charge >= 0.3 is 19.2 Å². The number of hydrogen-bond acceptors (Lipinski definition) is 7. The number of rotatable bonds is 12. The van der Waals surface area contributed by atoms with Crippen molar-refractivity contribution in [2.45, 2.75) is 116 Å². The fourth-order valence-corrected chi connectivity index (χ4v) is 7.74. The first kappa shape index (κ1) is 33.3. The zero-order chi connectivity index (χ0) is 30.8. The Balaban J connectivity index is 2.17. The van der Waals surface area contributed by atoms with E-state index in [0.29, 0.717) is 11.5 Å². The average Bonchev–Trinajstić information content (AvgIpc) is 2.82. The molecule has 1 heterocycles. The smallest absolute Gasteiger partial charge is 0.424 e. The summed E-state index contributed by atoms with van der Waals surface area (Å²) in [4.78, 5) is 25.8. The molecule has 11 heteroatoms. The third-order valence-corrected chi connectivity index (χ3v) is 9.71. The van der Waals surface area contributed by atoms with Gasteiger partial charge in [0.1, 0.15) is 23.1 Å². The summed E-state index contributed by atoms with van der Waals surface area (Å²) in [5.41, 5.74) is 1.53. The fraction of sp³-hybridized carbons (Fsp3) is 0.667. The summed E-state index contributed by atoms with van der Waals surface area (Å²) in [6, 6.07) is 2.88. The maximum Gasteiger partial charge on any atom is 0.424 e. The third kappa shape index (κ3) is 8.01. The van der Waals surface area contributed by atoms with E-state index in [1.807, 2.05) is 6.07 Å². The molecule has 226 valence electrons. The highest BCUT2D eigenvalue weighted by Gasteiger charge is 2.47. The number of carbonyl (C=O) groups is 2. The fourth-order valence-electron chi connectivity index (χ4n) is 6.16. The zero-order valence-electron chi connectivity index (χ0n) is 26.6. The third-order valence-electron chi connectivity index (χ3n) is 7.92. The SMILES string of the molecule is BC(B)(CCC)Cc1cc2c(c(OP(=O)(NC(C)C(=O)OC(C)C)C(=O)OCC)c1)C1C=C(C)CCC1C(C)(C)O2. The van der Waals surface area contributed by atoms with Gasteiger partial charge < -0.3 is 18.7 Å². The van der Waals surface area contributed by atoms with E-state index >= 15 is 0 Å². The van der Waals surface area contributed by atoms with Crippen molar-refractivity contribution in [1.29, 1.82) is 0 Å². The molecule has 0 aromatic heterocycles. The lowest BCUT2D eigenvalue weighted by atomic mass is 9.50. The van der Waals surface area contributed by atoms with Gasteiger partial charge in [-0.1, -0.05) is 36.6 Å². The molecule has 0 saturated carbocycles. The second kappa shape index (κ2) is 13.0. The minimum Gasteiger partial charge on any atom is -0.487 e. The monoisotopic (exact) mass is 587 g/mol. The molecule has 2 aliphatic rings. The number of hydrogen-bond donors (Lipinski definition) is 1. The Labute approximate surface area is 248 Å². The van der Waals surface area contributed by atoms with E-state index < -0.39 is 30.8 Å². The Kier molecular flexibility index (Phi) is 10.6. The van der Waals surface area contributed by atoms with Crippen LogP contribution in [0.1, 0.15) is 98.1 Å². The maximum absolute atomic E-state index is 14.3. The van der Waals surface area contributed by atoms with Crippen LogP contribution in [0.25, 0.3) is 0 Å². The van der Waals surface area contributed by atoms with Gasteiger partial charge in [-0.2, -0.15) is 0 Å². The predicted octanol–water partition coefficient (Wildman–Crippen LogP) is 5.68. The highest BCUT2D eigenvalue weighted by Crippen LogP contribution is 2.57. The Bertz CT molecular complexity index is 1210. The summed E-state index contributed by atoms with van der Waals surface area (Å²) >= 11 is 0. The van der Waals surface area contributed by atoms with Gasteiger partial charge in [0.15, 0.2) is 0 Å². The molecule has 1 aliphatic heterocycles. The molecule has 0 spiro atoms. The second-order valence-electron chi connectivity index (χ2n) is 13.2. The Morgan fingerprint density at radius 1 is 1.22 bits per heavy atom. The van der Waals surface area contributed by atoms with E-state index in [1.165, 1.54) is 12.5 Å². The maximum atomic E-state index is 14.3. The molecule has 1 N–H and O–H groups in total. The highest BCUT2D eigenvalue weighted by molar-refractivity contribution is 7.74. The van der Waals surface area contributed by atoms with Crippen LogP contribution in [0, 0.1) is 5.92 Å². The molecule has 0 radical (unpaired) electrons. The van der Waals surface area contributed by atoms with Crippen molar-refractivity contribution in [3.63, 3.8) is 0 Å². The molecular formula is C30H48B2NO7P. The molecule has 0 bridgehead atoms.